The molecular formula is C18H21ClLiO3P. The van der Waals surface area contributed by atoms with E-state index in [0.717, 1.165) is 16.6 Å². The Morgan fingerprint density at radius 2 is 1.88 bits per heavy atom. The maximum atomic E-state index is 12.5. The molecular weight excluding hydrogens is 338 g/mol. The average Bonchev–Trinajstić information content (AvgIpc) is 2.49. The molecule has 2 atom stereocenters. The van der Waals surface area contributed by atoms with Gasteiger partial charge in [0.1, 0.15) is 5.75 Å². The van der Waals surface area contributed by atoms with Gasteiger partial charge in [-0.2, -0.15) is 0 Å². The molecule has 0 amide bonds. The number of benzene rings is 2. The molecule has 124 valence electrons. The van der Waals surface area contributed by atoms with E-state index in [1.54, 1.807) is 6.07 Å². The molecule has 0 saturated heterocycles. The number of carbonyl (C=O) groups is 1. The molecule has 0 aromatic heterocycles. The molecule has 0 bridgehead atoms. The molecule has 3 nitrogen and oxygen atoms in total. The second kappa shape index (κ2) is 10.2. The van der Waals surface area contributed by atoms with Crippen LogP contribution in [0.25, 0.3) is 0 Å². The molecule has 0 heterocycles. The second-order valence-corrected chi connectivity index (χ2v) is 6.74. The van der Waals surface area contributed by atoms with Crippen LogP contribution in [0.5, 0.6) is 5.75 Å². The Morgan fingerprint density at radius 3 is 2.46 bits per heavy atom. The summed E-state index contributed by atoms with van der Waals surface area (Å²) in [6, 6.07) is 13.0. The molecule has 6 heteroatoms. The third-order valence-electron chi connectivity index (χ3n) is 3.26. The van der Waals surface area contributed by atoms with E-state index in [1.807, 2.05) is 57.2 Å². The van der Waals surface area contributed by atoms with Crippen molar-refractivity contribution in [2.45, 2.75) is 27.1 Å². The van der Waals surface area contributed by atoms with E-state index in [1.165, 1.54) is 0 Å². The minimum absolute atomic E-state index is 0. The van der Waals surface area contributed by atoms with Gasteiger partial charge >= 0.3 is 18.9 Å². The fraction of sp³-hybridized carbons (Fsp3) is 0.278. The van der Waals surface area contributed by atoms with Gasteiger partial charge in [0.2, 0.25) is 0 Å². The number of ether oxygens (including phenoxy) is 2. The first-order chi connectivity index (χ1) is 11.0. The molecule has 2 aromatic carbocycles. The van der Waals surface area contributed by atoms with E-state index in [-0.39, 0.29) is 39.3 Å². The van der Waals surface area contributed by atoms with E-state index in [4.69, 9.17) is 21.1 Å². The summed E-state index contributed by atoms with van der Waals surface area (Å²) in [7, 11) is 0.0309. The molecule has 0 radical (unpaired) electrons. The van der Waals surface area contributed by atoms with Crippen LogP contribution in [0.3, 0.4) is 0 Å². The van der Waals surface area contributed by atoms with Crippen LogP contribution in [0.4, 0.5) is 0 Å². The minimum atomic E-state index is -0.291. The van der Waals surface area contributed by atoms with Gasteiger partial charge in [0.05, 0.1) is 5.02 Å². The summed E-state index contributed by atoms with van der Waals surface area (Å²) in [6.45, 7) is 6.28. The Morgan fingerprint density at radius 1 is 1.21 bits per heavy atom. The Labute approximate surface area is 162 Å². The molecule has 0 aliphatic rings. The number of aryl methyl sites for hydroxylation is 1. The van der Waals surface area contributed by atoms with Crippen LogP contribution in [-0.4, -0.2) is 37.3 Å². The van der Waals surface area contributed by atoms with Gasteiger partial charge in [0.15, 0.2) is 11.8 Å². The predicted molar refractivity (Wildman–Crippen MR) is 104 cm³/mol. The number of hydrogen-bond donors (Lipinski definition) is 0. The normalized spacial score (nSPS) is 12.0. The van der Waals surface area contributed by atoms with Gasteiger partial charge in [-0.25, -0.2) is 0 Å². The van der Waals surface area contributed by atoms with Crippen molar-refractivity contribution in [2.75, 3.05) is 6.61 Å². The van der Waals surface area contributed by atoms with E-state index < -0.39 is 0 Å². The van der Waals surface area contributed by atoms with Crippen molar-refractivity contribution in [3.8, 4) is 5.75 Å². The summed E-state index contributed by atoms with van der Waals surface area (Å²) < 4.78 is 10.9. The van der Waals surface area contributed by atoms with Crippen molar-refractivity contribution < 1.29 is 14.3 Å². The van der Waals surface area contributed by atoms with Crippen molar-refractivity contribution in [3.63, 3.8) is 0 Å². The van der Waals surface area contributed by atoms with Crippen LogP contribution >= 0.6 is 20.2 Å². The zero-order valence-electron chi connectivity index (χ0n) is 13.4. The second-order valence-electron chi connectivity index (χ2n) is 5.05. The Kier molecular flexibility index (Phi) is 9.06. The van der Waals surface area contributed by atoms with E-state index in [0.29, 0.717) is 17.2 Å². The molecule has 0 spiro atoms. The van der Waals surface area contributed by atoms with Crippen LogP contribution in [0, 0.1) is 6.92 Å². The Balaban J connectivity index is 0.00000288. The van der Waals surface area contributed by atoms with Gasteiger partial charge < -0.3 is 9.47 Å². The van der Waals surface area contributed by atoms with Gasteiger partial charge in [-0.3, -0.25) is 4.79 Å². The molecule has 0 N–H and O–H groups in total. The first kappa shape index (κ1) is 21.2. The Hall–Kier alpha value is -0.813. The summed E-state index contributed by atoms with van der Waals surface area (Å²) in [4.78, 5) is 12.5. The van der Waals surface area contributed by atoms with E-state index in [9.17, 15) is 4.79 Å². The predicted octanol–water partition coefficient (Wildman–Crippen LogP) is 3.91. The van der Waals surface area contributed by atoms with Crippen molar-refractivity contribution >= 4 is 49.9 Å². The standard InChI is InChI=1S/C18H20ClO3P.Li.H/c1-4-21-13(3)22-14-8-10-15(11-9-14)23-18(20)17-12(2)6-5-7-16(17)19;;/h5-11,13,23H,4H2,1-3H3;;. The number of hydrogen-bond acceptors (Lipinski definition) is 3. The zero-order valence-corrected chi connectivity index (χ0v) is 15.2. The summed E-state index contributed by atoms with van der Waals surface area (Å²) in [5.74, 6) is 0.723. The molecule has 24 heavy (non-hydrogen) atoms. The summed E-state index contributed by atoms with van der Waals surface area (Å²) in [5, 5.41) is 1.46. The van der Waals surface area contributed by atoms with Crippen LogP contribution in [0.1, 0.15) is 29.8 Å². The van der Waals surface area contributed by atoms with Crippen molar-refractivity contribution in [1.82, 2.24) is 0 Å². The summed E-state index contributed by atoms with van der Waals surface area (Å²) >= 11 is 6.15. The zero-order chi connectivity index (χ0) is 16.8. The van der Waals surface area contributed by atoms with Gasteiger partial charge in [-0.1, -0.05) is 35.9 Å². The SMILES string of the molecule is CCOC(C)Oc1ccc(PC(=O)c2c(C)cccc2Cl)cc1.[LiH]. The third-order valence-corrected chi connectivity index (χ3v) is 4.68. The topological polar surface area (TPSA) is 35.5 Å². The monoisotopic (exact) mass is 358 g/mol. The van der Waals surface area contributed by atoms with Crippen LogP contribution in [0.15, 0.2) is 42.5 Å². The van der Waals surface area contributed by atoms with Crippen LogP contribution in [0.2, 0.25) is 5.02 Å². The molecule has 2 unspecified atom stereocenters. The number of halogens is 1. The maximum absolute atomic E-state index is 12.5. The molecule has 0 aliphatic carbocycles. The summed E-state index contributed by atoms with van der Waals surface area (Å²) in [5.41, 5.74) is 1.56. The van der Waals surface area contributed by atoms with Crippen molar-refractivity contribution in [1.29, 1.82) is 0 Å². The number of rotatable bonds is 7. The first-order valence-electron chi connectivity index (χ1n) is 7.46. The molecule has 0 saturated carbocycles. The van der Waals surface area contributed by atoms with E-state index >= 15 is 0 Å². The number of carbonyl (C=O) groups excluding carboxylic acids is 1. The van der Waals surface area contributed by atoms with Crippen LogP contribution < -0.4 is 10.0 Å². The quantitative estimate of drug-likeness (QED) is 0.428. The molecule has 2 rings (SSSR count). The third kappa shape index (κ3) is 5.92. The van der Waals surface area contributed by atoms with Gasteiger partial charge in [-0.15, -0.1) is 0 Å². The van der Waals surface area contributed by atoms with Gasteiger partial charge in [0.25, 0.3) is 0 Å². The van der Waals surface area contributed by atoms with Crippen molar-refractivity contribution in [2.24, 2.45) is 0 Å². The van der Waals surface area contributed by atoms with Gasteiger partial charge in [-0.05, 0) is 58.4 Å². The Bertz CT molecular complexity index is 656. The first-order valence-corrected chi connectivity index (χ1v) is 8.84. The molecule has 0 aliphatic heterocycles. The van der Waals surface area contributed by atoms with Crippen molar-refractivity contribution in [3.05, 3.63) is 58.6 Å². The average molecular weight is 359 g/mol. The molecule has 2 aromatic rings. The summed E-state index contributed by atoms with van der Waals surface area (Å²) in [6.07, 6.45) is -0.291. The van der Waals surface area contributed by atoms with Crippen LogP contribution in [-0.2, 0) is 4.74 Å². The van der Waals surface area contributed by atoms with E-state index in [2.05, 4.69) is 0 Å². The molecule has 0 fully saturated rings. The fourth-order valence-electron chi connectivity index (χ4n) is 2.19. The fourth-order valence-corrected chi connectivity index (χ4v) is 3.63. The van der Waals surface area contributed by atoms with Gasteiger partial charge in [0, 0.05) is 12.2 Å².